The predicted molar refractivity (Wildman–Crippen MR) is 79.0 cm³/mol. The summed E-state index contributed by atoms with van der Waals surface area (Å²) >= 11 is 5.27. The maximum Gasteiger partial charge on any atom is 0.0947 e. The molecule has 1 aliphatic carbocycles. The van der Waals surface area contributed by atoms with Crippen molar-refractivity contribution in [3.8, 4) is 0 Å². The highest BCUT2D eigenvalue weighted by Crippen LogP contribution is 2.40. The van der Waals surface area contributed by atoms with Gasteiger partial charge in [-0.1, -0.05) is 24.3 Å². The van der Waals surface area contributed by atoms with Gasteiger partial charge in [0.25, 0.3) is 0 Å². The third-order valence-electron chi connectivity index (χ3n) is 3.70. The first-order valence-electron chi connectivity index (χ1n) is 6.22. The lowest BCUT2D eigenvalue weighted by Gasteiger charge is -2.34. The summed E-state index contributed by atoms with van der Waals surface area (Å²) in [7, 11) is 0. The maximum atomic E-state index is 11.0. The van der Waals surface area contributed by atoms with Crippen molar-refractivity contribution < 1.29 is 5.11 Å². The summed E-state index contributed by atoms with van der Waals surface area (Å²) in [5.41, 5.74) is 1.73. The van der Waals surface area contributed by atoms with Gasteiger partial charge in [0, 0.05) is 15.8 Å². The van der Waals surface area contributed by atoms with E-state index in [1.54, 1.807) is 11.3 Å². The Kier molecular flexibility index (Phi) is 3.31. The van der Waals surface area contributed by atoms with E-state index in [0.717, 1.165) is 29.3 Å². The first-order valence-corrected chi connectivity index (χ1v) is 7.89. The van der Waals surface area contributed by atoms with E-state index in [1.165, 1.54) is 10.4 Å². The zero-order chi connectivity index (χ0) is 12.6. The highest BCUT2D eigenvalue weighted by atomic mass is 79.9. The summed E-state index contributed by atoms with van der Waals surface area (Å²) in [6.07, 6.45) is 3.72. The molecule has 3 rings (SSSR count). The molecule has 94 valence electrons. The van der Waals surface area contributed by atoms with Gasteiger partial charge in [-0.05, 0) is 57.8 Å². The number of aliphatic hydroxyl groups is 1. The van der Waals surface area contributed by atoms with Crippen LogP contribution in [0.15, 0.2) is 40.2 Å². The Morgan fingerprint density at radius 2 is 2.11 bits per heavy atom. The predicted octanol–water partition coefficient (Wildman–Crippen LogP) is 4.28. The molecule has 1 heterocycles. The van der Waals surface area contributed by atoms with Crippen LogP contribution in [0, 0.1) is 0 Å². The van der Waals surface area contributed by atoms with E-state index in [0.29, 0.717) is 6.42 Å². The molecule has 0 fully saturated rings. The summed E-state index contributed by atoms with van der Waals surface area (Å²) in [4.78, 5) is 1.23. The molecule has 1 N–H and O–H groups in total. The van der Waals surface area contributed by atoms with Crippen LogP contribution < -0.4 is 0 Å². The molecule has 0 saturated heterocycles. The van der Waals surface area contributed by atoms with E-state index in [-0.39, 0.29) is 0 Å². The van der Waals surface area contributed by atoms with Crippen LogP contribution in [0.25, 0.3) is 0 Å². The van der Waals surface area contributed by atoms with Gasteiger partial charge in [0.1, 0.15) is 0 Å². The first kappa shape index (κ1) is 12.4. The second-order valence-corrected chi connectivity index (χ2v) is 6.77. The number of aryl methyl sites for hydroxylation is 1. The van der Waals surface area contributed by atoms with Crippen LogP contribution in [0.2, 0.25) is 0 Å². The van der Waals surface area contributed by atoms with Crippen LogP contribution in [0.1, 0.15) is 28.8 Å². The minimum atomic E-state index is -0.692. The van der Waals surface area contributed by atoms with Crippen molar-refractivity contribution in [1.29, 1.82) is 0 Å². The average molecular weight is 323 g/mol. The first-order chi connectivity index (χ1) is 8.69. The molecule has 18 heavy (non-hydrogen) atoms. The van der Waals surface area contributed by atoms with Crippen molar-refractivity contribution in [1.82, 2.24) is 0 Å². The summed E-state index contributed by atoms with van der Waals surface area (Å²) in [5.74, 6) is 0. The molecule has 3 heteroatoms. The van der Waals surface area contributed by atoms with Crippen LogP contribution in [0.3, 0.4) is 0 Å². The normalized spacial score (nSPS) is 22.8. The van der Waals surface area contributed by atoms with Gasteiger partial charge in [-0.15, -0.1) is 11.3 Å². The Labute approximate surface area is 120 Å². The standard InChI is InChI=1S/C15H15BrOS/c16-13-7-9-18-14(13)10-15(17)8-3-5-11-4-1-2-6-12(11)15/h1-2,4,6-7,9,17H,3,5,8,10H2. The minimum Gasteiger partial charge on any atom is -0.385 e. The monoisotopic (exact) mass is 322 g/mol. The van der Waals surface area contributed by atoms with Gasteiger partial charge < -0.3 is 5.11 Å². The minimum absolute atomic E-state index is 0.692. The van der Waals surface area contributed by atoms with Crippen molar-refractivity contribution in [3.63, 3.8) is 0 Å². The van der Waals surface area contributed by atoms with Gasteiger partial charge in [-0.2, -0.15) is 0 Å². The molecular formula is C15H15BrOS. The number of hydrogen-bond donors (Lipinski definition) is 1. The van der Waals surface area contributed by atoms with Gasteiger partial charge in [-0.25, -0.2) is 0 Å². The van der Waals surface area contributed by atoms with Gasteiger partial charge in [0.05, 0.1) is 5.60 Å². The van der Waals surface area contributed by atoms with E-state index in [4.69, 9.17) is 0 Å². The Hall–Kier alpha value is -0.640. The summed E-state index contributed by atoms with van der Waals surface area (Å²) in [6, 6.07) is 10.4. The molecule has 0 bridgehead atoms. The molecule has 0 saturated carbocycles. The Morgan fingerprint density at radius 1 is 1.28 bits per heavy atom. The number of hydrogen-bond acceptors (Lipinski definition) is 2. The third kappa shape index (κ3) is 2.15. The highest BCUT2D eigenvalue weighted by Gasteiger charge is 2.34. The summed E-state index contributed by atoms with van der Waals surface area (Å²) < 4.78 is 1.11. The topological polar surface area (TPSA) is 20.2 Å². The van der Waals surface area contributed by atoms with Crippen molar-refractivity contribution >= 4 is 27.3 Å². The SMILES string of the molecule is OC1(Cc2sccc2Br)CCCc2ccccc21. The van der Waals surface area contributed by atoms with Gasteiger partial charge in [-0.3, -0.25) is 0 Å². The molecule has 2 aromatic rings. The maximum absolute atomic E-state index is 11.0. The number of benzene rings is 1. The second-order valence-electron chi connectivity index (χ2n) is 4.91. The highest BCUT2D eigenvalue weighted by molar-refractivity contribution is 9.10. The quantitative estimate of drug-likeness (QED) is 0.875. The molecular weight excluding hydrogens is 308 g/mol. The van der Waals surface area contributed by atoms with Crippen LogP contribution in [0.4, 0.5) is 0 Å². The molecule has 1 aromatic carbocycles. The van der Waals surface area contributed by atoms with E-state index >= 15 is 0 Å². The van der Waals surface area contributed by atoms with Crippen LogP contribution in [-0.2, 0) is 18.4 Å². The smallest absolute Gasteiger partial charge is 0.0947 e. The molecule has 1 nitrogen and oxygen atoms in total. The number of halogens is 1. The molecule has 1 unspecified atom stereocenters. The van der Waals surface area contributed by atoms with E-state index < -0.39 is 5.60 Å². The third-order valence-corrected chi connectivity index (χ3v) is 5.63. The van der Waals surface area contributed by atoms with Crippen molar-refractivity contribution in [3.05, 3.63) is 56.2 Å². The number of thiophene rings is 1. The fourth-order valence-electron chi connectivity index (χ4n) is 2.80. The Bertz CT molecular complexity index is 563. The van der Waals surface area contributed by atoms with Crippen molar-refractivity contribution in [2.45, 2.75) is 31.3 Å². The number of fused-ring (bicyclic) bond motifs is 1. The average Bonchev–Trinajstić information content (AvgIpc) is 2.75. The van der Waals surface area contributed by atoms with Crippen LogP contribution >= 0.6 is 27.3 Å². The largest absolute Gasteiger partial charge is 0.385 e. The fourth-order valence-corrected chi connectivity index (χ4v) is 4.40. The van der Waals surface area contributed by atoms with E-state index in [9.17, 15) is 5.11 Å². The zero-order valence-corrected chi connectivity index (χ0v) is 12.4. The fraction of sp³-hybridized carbons (Fsp3) is 0.333. The number of rotatable bonds is 2. The lowest BCUT2D eigenvalue weighted by Crippen LogP contribution is -2.32. The lowest BCUT2D eigenvalue weighted by atomic mass is 9.77. The van der Waals surface area contributed by atoms with Gasteiger partial charge in [0.2, 0.25) is 0 Å². The summed E-state index contributed by atoms with van der Waals surface area (Å²) in [6.45, 7) is 0. The van der Waals surface area contributed by atoms with E-state index in [2.05, 4.69) is 45.6 Å². The van der Waals surface area contributed by atoms with Crippen LogP contribution in [-0.4, -0.2) is 5.11 Å². The molecule has 0 spiro atoms. The van der Waals surface area contributed by atoms with Crippen LogP contribution in [0.5, 0.6) is 0 Å². The molecule has 0 amide bonds. The molecule has 0 radical (unpaired) electrons. The Morgan fingerprint density at radius 3 is 2.89 bits per heavy atom. The zero-order valence-electron chi connectivity index (χ0n) is 10.0. The molecule has 1 aliphatic rings. The van der Waals surface area contributed by atoms with Gasteiger partial charge >= 0.3 is 0 Å². The second kappa shape index (κ2) is 4.80. The summed E-state index contributed by atoms with van der Waals surface area (Å²) in [5, 5.41) is 13.1. The lowest BCUT2D eigenvalue weighted by molar-refractivity contribution is 0.0197. The van der Waals surface area contributed by atoms with Crippen molar-refractivity contribution in [2.75, 3.05) is 0 Å². The molecule has 1 aromatic heterocycles. The molecule has 1 atom stereocenters. The molecule has 0 aliphatic heterocycles. The van der Waals surface area contributed by atoms with E-state index in [1.807, 2.05) is 6.07 Å². The van der Waals surface area contributed by atoms with Gasteiger partial charge in [0.15, 0.2) is 0 Å². The van der Waals surface area contributed by atoms with Crippen molar-refractivity contribution in [2.24, 2.45) is 0 Å². The Balaban J connectivity index is 1.98.